The highest BCUT2D eigenvalue weighted by atomic mass is 15.1. The quantitative estimate of drug-likeness (QED) is 0.241. The lowest BCUT2D eigenvalue weighted by Gasteiger charge is -2.54. The maximum atomic E-state index is 4.15. The largest absolute Gasteiger partial charge is 0.307 e. The molecule has 4 aliphatic heterocycles. The lowest BCUT2D eigenvalue weighted by Crippen LogP contribution is -2.59. The Morgan fingerprint density at radius 3 is 0.786 bits per heavy atom. The predicted molar refractivity (Wildman–Crippen MR) is 244 cm³/mol. The fraction of sp³-hybridized carbons (Fsp3) is 0.885. The highest BCUT2D eigenvalue weighted by Gasteiger charge is 2.50. The smallest absolute Gasteiger partial charge is 0.0135 e. The van der Waals surface area contributed by atoms with Crippen LogP contribution in [0.5, 0.6) is 0 Å². The summed E-state index contributed by atoms with van der Waals surface area (Å²) in [4.78, 5) is 0. The van der Waals surface area contributed by atoms with Crippen LogP contribution in [0.1, 0.15) is 267 Å². The van der Waals surface area contributed by atoms with Crippen LogP contribution < -0.4 is 21.3 Å². The fourth-order valence-electron chi connectivity index (χ4n) is 16.0. The van der Waals surface area contributed by atoms with Gasteiger partial charge in [0, 0.05) is 44.3 Å². The van der Waals surface area contributed by atoms with Gasteiger partial charge in [0.2, 0.25) is 0 Å². The Morgan fingerprint density at radius 2 is 0.518 bits per heavy atom. The molecule has 0 aromatic heterocycles. The van der Waals surface area contributed by atoms with Gasteiger partial charge in [-0.15, -0.1) is 0 Å². The minimum absolute atomic E-state index is 0.0595. The number of hydrogen-bond acceptors (Lipinski definition) is 4. The van der Waals surface area contributed by atoms with E-state index in [0.717, 1.165) is 0 Å². The third-order valence-electron chi connectivity index (χ3n) is 14.9. The highest BCUT2D eigenvalue weighted by Crippen LogP contribution is 2.59. The monoisotopic (exact) mass is 773 g/mol. The van der Waals surface area contributed by atoms with Gasteiger partial charge in [0.25, 0.3) is 0 Å². The predicted octanol–water partition coefficient (Wildman–Crippen LogP) is 13.1. The van der Waals surface area contributed by atoms with E-state index in [0.29, 0.717) is 40.4 Å². The molecule has 4 saturated heterocycles. The lowest BCUT2D eigenvalue weighted by atomic mass is 9.56. The number of rotatable bonds is 5. The van der Waals surface area contributed by atoms with Crippen LogP contribution in [0, 0.1) is 10.8 Å². The average molecular weight is 773 g/mol. The Balaban J connectivity index is 1.78. The van der Waals surface area contributed by atoms with Gasteiger partial charge in [-0.3, -0.25) is 0 Å². The molecule has 4 heterocycles. The molecule has 0 spiro atoms. The molecule has 0 amide bonds. The van der Waals surface area contributed by atoms with E-state index in [2.05, 4.69) is 166 Å². The van der Waals surface area contributed by atoms with Gasteiger partial charge in [-0.1, -0.05) is 33.8 Å². The molecule has 5 fully saturated rings. The van der Waals surface area contributed by atoms with Crippen LogP contribution in [0.4, 0.5) is 0 Å². The summed E-state index contributed by atoms with van der Waals surface area (Å²) in [5, 5.41) is 16.5. The standard InChI is InChI=1S/C52H92N4/c1-43(2)22-33(23-44(3,4)32-43)38-21-39(34-24-45(5,6)53-46(7,8)25-34)41(36-28-49(13,14)55-50(15,16)29-36)42(37-30-51(17,18)56-52(19,20)31-37)40(38)35-26-47(9,10)54-48(11,12)27-35/h21,33-37,53-56H,22-32H2,1-20H3. The molecule has 4 N–H and O–H groups in total. The van der Waals surface area contributed by atoms with E-state index in [1.54, 1.807) is 11.1 Å². The molecule has 4 nitrogen and oxygen atoms in total. The zero-order valence-corrected chi connectivity index (χ0v) is 40.7. The molecule has 5 aliphatic rings. The zero-order chi connectivity index (χ0) is 42.1. The number of nitrogens with one attached hydrogen (secondary N) is 4. The molecule has 320 valence electrons. The van der Waals surface area contributed by atoms with Crippen LogP contribution in [0.3, 0.4) is 0 Å². The van der Waals surface area contributed by atoms with Crippen molar-refractivity contribution in [2.75, 3.05) is 0 Å². The maximum Gasteiger partial charge on any atom is 0.0135 e. The van der Waals surface area contributed by atoms with Crippen molar-refractivity contribution in [1.29, 1.82) is 0 Å². The summed E-state index contributed by atoms with van der Waals surface area (Å²) in [6.45, 7) is 50.2. The summed E-state index contributed by atoms with van der Waals surface area (Å²) < 4.78 is 0. The van der Waals surface area contributed by atoms with Crippen molar-refractivity contribution in [1.82, 2.24) is 21.3 Å². The molecule has 0 unspecified atom stereocenters. The van der Waals surface area contributed by atoms with E-state index < -0.39 is 0 Å². The first-order chi connectivity index (χ1) is 25.0. The van der Waals surface area contributed by atoms with E-state index in [9.17, 15) is 0 Å². The SMILES string of the molecule is CC1(C)CC(c2cc(C3CC(C)(C)NC(C)(C)C3)c(C3CC(C)(C)NC(C)(C)C3)c(C3CC(C)(C)NC(C)(C)C3)c2C2CC(C)(C)NC(C)(C)C2)CC(C)(C)C1. The second kappa shape index (κ2) is 13.8. The van der Waals surface area contributed by atoms with Gasteiger partial charge in [-0.25, -0.2) is 0 Å². The lowest BCUT2D eigenvalue weighted by molar-refractivity contribution is 0.0953. The van der Waals surface area contributed by atoms with Crippen molar-refractivity contribution in [2.24, 2.45) is 10.8 Å². The van der Waals surface area contributed by atoms with Crippen molar-refractivity contribution < 1.29 is 0 Å². The Kier molecular flexibility index (Phi) is 11.0. The normalized spacial score (nSPS) is 31.2. The number of piperidine rings is 4. The van der Waals surface area contributed by atoms with Crippen molar-refractivity contribution in [3.05, 3.63) is 33.9 Å². The molecule has 0 radical (unpaired) electrons. The van der Waals surface area contributed by atoms with Gasteiger partial charge < -0.3 is 21.3 Å². The second-order valence-electron chi connectivity index (χ2n) is 27.9. The molecular weight excluding hydrogens is 681 g/mol. The van der Waals surface area contributed by atoms with Crippen LogP contribution in [-0.2, 0) is 0 Å². The molecular formula is C52H92N4. The Morgan fingerprint density at radius 1 is 0.304 bits per heavy atom. The molecule has 0 atom stereocenters. The van der Waals surface area contributed by atoms with Gasteiger partial charge in [0.05, 0.1) is 0 Å². The van der Waals surface area contributed by atoms with Crippen LogP contribution in [0.25, 0.3) is 0 Å². The molecule has 0 bridgehead atoms. The number of benzene rings is 1. The Labute approximate surface area is 347 Å². The summed E-state index contributed by atoms with van der Waals surface area (Å²) in [6.07, 6.45) is 13.4. The Hall–Kier alpha value is -0.940. The average Bonchev–Trinajstić information content (AvgIpc) is 2.87. The topological polar surface area (TPSA) is 48.1 Å². The van der Waals surface area contributed by atoms with E-state index in [1.165, 1.54) is 70.6 Å². The highest BCUT2D eigenvalue weighted by molar-refractivity contribution is 5.56. The first kappa shape index (κ1) is 44.6. The molecule has 4 heteroatoms. The van der Waals surface area contributed by atoms with Crippen molar-refractivity contribution >= 4 is 0 Å². The molecule has 56 heavy (non-hydrogen) atoms. The van der Waals surface area contributed by atoms with E-state index in [4.69, 9.17) is 0 Å². The Bertz CT molecular complexity index is 1450. The van der Waals surface area contributed by atoms with Crippen LogP contribution in [-0.4, -0.2) is 44.3 Å². The zero-order valence-electron chi connectivity index (χ0n) is 40.7. The minimum Gasteiger partial charge on any atom is -0.307 e. The second-order valence-corrected chi connectivity index (χ2v) is 27.9. The van der Waals surface area contributed by atoms with Crippen molar-refractivity contribution in [3.63, 3.8) is 0 Å². The summed E-state index contributed by atoms with van der Waals surface area (Å²) in [7, 11) is 0. The molecule has 1 aliphatic carbocycles. The van der Waals surface area contributed by atoms with E-state index in [1.807, 2.05) is 16.7 Å². The first-order valence-corrected chi connectivity index (χ1v) is 23.3. The van der Waals surface area contributed by atoms with Gasteiger partial charge in [0.15, 0.2) is 0 Å². The van der Waals surface area contributed by atoms with Gasteiger partial charge in [-0.05, 0) is 250 Å². The van der Waals surface area contributed by atoms with Crippen LogP contribution in [0.2, 0.25) is 0 Å². The maximum absolute atomic E-state index is 4.15. The van der Waals surface area contributed by atoms with Gasteiger partial charge in [0.1, 0.15) is 0 Å². The summed E-state index contributed by atoms with van der Waals surface area (Å²) >= 11 is 0. The summed E-state index contributed by atoms with van der Waals surface area (Å²) in [6, 6.07) is 2.96. The fourth-order valence-corrected chi connectivity index (χ4v) is 16.0. The van der Waals surface area contributed by atoms with Crippen LogP contribution in [0.15, 0.2) is 6.07 Å². The van der Waals surface area contributed by atoms with E-state index >= 15 is 0 Å². The van der Waals surface area contributed by atoms with Crippen LogP contribution >= 0.6 is 0 Å². The third kappa shape index (κ3) is 10.1. The van der Waals surface area contributed by atoms with Crippen molar-refractivity contribution in [2.45, 2.75) is 283 Å². The minimum atomic E-state index is 0.0595. The molecule has 1 aromatic carbocycles. The molecule has 1 saturated carbocycles. The molecule has 1 aromatic rings. The van der Waals surface area contributed by atoms with Gasteiger partial charge in [-0.2, -0.15) is 0 Å². The third-order valence-corrected chi connectivity index (χ3v) is 14.9. The summed E-state index contributed by atoms with van der Waals surface area (Å²) in [5.74, 6) is 2.65. The van der Waals surface area contributed by atoms with Crippen molar-refractivity contribution in [3.8, 4) is 0 Å². The number of hydrogen-bond donors (Lipinski definition) is 4. The molecule has 6 rings (SSSR count). The first-order valence-electron chi connectivity index (χ1n) is 23.3. The summed E-state index contributed by atoms with van der Waals surface area (Å²) in [5.41, 5.74) is 10.2. The van der Waals surface area contributed by atoms with Gasteiger partial charge >= 0.3 is 0 Å². The van der Waals surface area contributed by atoms with E-state index in [-0.39, 0.29) is 44.3 Å².